The predicted octanol–water partition coefficient (Wildman–Crippen LogP) is 0.898. The van der Waals surface area contributed by atoms with E-state index in [1.165, 1.54) is 0 Å². The van der Waals surface area contributed by atoms with E-state index in [9.17, 15) is 5.11 Å². The zero-order valence-electron chi connectivity index (χ0n) is 9.22. The van der Waals surface area contributed by atoms with Gasteiger partial charge < -0.3 is 15.5 Å². The molecule has 3 N–H and O–H groups in total. The van der Waals surface area contributed by atoms with Crippen molar-refractivity contribution < 1.29 is 10.2 Å². The first-order valence-electron chi connectivity index (χ1n) is 4.91. The van der Waals surface area contributed by atoms with E-state index in [0.29, 0.717) is 6.42 Å². The number of nitrogens with one attached hydrogen (secondary N) is 1. The largest absolute Gasteiger partial charge is 0.394 e. The normalized spacial score (nSPS) is 17.1. The van der Waals surface area contributed by atoms with Crippen molar-refractivity contribution in [1.29, 1.82) is 0 Å². The minimum atomic E-state index is -0.628. The van der Waals surface area contributed by atoms with Crippen LogP contribution in [0.2, 0.25) is 0 Å². The molecular formula is C10H23NO2. The van der Waals surface area contributed by atoms with Crippen LogP contribution in [-0.4, -0.2) is 34.5 Å². The van der Waals surface area contributed by atoms with Crippen LogP contribution in [0.15, 0.2) is 0 Å². The molecule has 3 nitrogen and oxygen atoms in total. The van der Waals surface area contributed by atoms with Crippen LogP contribution in [0.25, 0.3) is 0 Å². The highest BCUT2D eigenvalue weighted by Gasteiger charge is 2.21. The first-order valence-corrected chi connectivity index (χ1v) is 4.91. The Balaban J connectivity index is 3.74. The van der Waals surface area contributed by atoms with Crippen molar-refractivity contribution in [2.75, 3.05) is 13.2 Å². The molecule has 1 atom stereocenters. The van der Waals surface area contributed by atoms with Gasteiger partial charge in [-0.1, -0.05) is 6.92 Å². The smallest absolute Gasteiger partial charge is 0.0610 e. The van der Waals surface area contributed by atoms with Crippen molar-refractivity contribution in [3.8, 4) is 0 Å². The molecule has 0 radical (unpaired) electrons. The van der Waals surface area contributed by atoms with Crippen LogP contribution >= 0.6 is 0 Å². The molecule has 0 spiro atoms. The molecule has 13 heavy (non-hydrogen) atoms. The third-order valence-electron chi connectivity index (χ3n) is 2.42. The Kier molecular flexibility index (Phi) is 4.89. The summed E-state index contributed by atoms with van der Waals surface area (Å²) in [5.41, 5.74) is -0.831. The second kappa shape index (κ2) is 4.94. The van der Waals surface area contributed by atoms with Crippen molar-refractivity contribution in [2.24, 2.45) is 0 Å². The molecule has 0 heterocycles. The lowest BCUT2D eigenvalue weighted by molar-refractivity contribution is 0.0656. The molecule has 0 amide bonds. The zero-order chi connectivity index (χ0) is 10.5. The molecule has 1 unspecified atom stereocenters. The summed E-state index contributed by atoms with van der Waals surface area (Å²) >= 11 is 0. The number of hydrogen-bond acceptors (Lipinski definition) is 3. The summed E-state index contributed by atoms with van der Waals surface area (Å²) in [5, 5.41) is 21.8. The first-order chi connectivity index (χ1) is 5.83. The SMILES string of the molecule is CCC(C)(CO)NCCC(C)(C)O. The molecule has 0 fully saturated rings. The Morgan fingerprint density at radius 1 is 1.23 bits per heavy atom. The third-order valence-corrected chi connectivity index (χ3v) is 2.42. The van der Waals surface area contributed by atoms with Gasteiger partial charge in [-0.15, -0.1) is 0 Å². The minimum absolute atomic E-state index is 0.134. The van der Waals surface area contributed by atoms with Crippen LogP contribution in [0.4, 0.5) is 0 Å². The molecule has 0 aromatic carbocycles. The van der Waals surface area contributed by atoms with E-state index in [-0.39, 0.29) is 12.1 Å². The molecular weight excluding hydrogens is 166 g/mol. The Bertz CT molecular complexity index is 136. The fourth-order valence-electron chi connectivity index (χ4n) is 0.963. The molecule has 0 saturated heterocycles. The van der Waals surface area contributed by atoms with Crippen LogP contribution < -0.4 is 5.32 Å². The maximum absolute atomic E-state index is 9.46. The summed E-state index contributed by atoms with van der Waals surface area (Å²) in [5.74, 6) is 0. The summed E-state index contributed by atoms with van der Waals surface area (Å²) in [6.07, 6.45) is 1.58. The van der Waals surface area contributed by atoms with E-state index < -0.39 is 5.60 Å². The summed E-state index contributed by atoms with van der Waals surface area (Å²) in [7, 11) is 0. The van der Waals surface area contributed by atoms with Crippen molar-refractivity contribution in [2.45, 2.75) is 51.7 Å². The lowest BCUT2D eigenvalue weighted by atomic mass is 9.99. The molecule has 0 aliphatic rings. The lowest BCUT2D eigenvalue weighted by Gasteiger charge is -2.29. The Morgan fingerprint density at radius 2 is 1.77 bits per heavy atom. The molecule has 3 heteroatoms. The molecule has 0 aromatic heterocycles. The number of aliphatic hydroxyl groups is 2. The van der Waals surface area contributed by atoms with Crippen molar-refractivity contribution in [3.63, 3.8) is 0 Å². The molecule has 0 saturated carbocycles. The maximum Gasteiger partial charge on any atom is 0.0610 e. The lowest BCUT2D eigenvalue weighted by Crippen LogP contribution is -2.46. The second-order valence-electron chi connectivity index (χ2n) is 4.56. The molecule has 0 rings (SSSR count). The van der Waals surface area contributed by atoms with Gasteiger partial charge in [0, 0.05) is 5.54 Å². The fraction of sp³-hybridized carbons (Fsp3) is 1.00. The van der Waals surface area contributed by atoms with Gasteiger partial charge in [0.15, 0.2) is 0 Å². The van der Waals surface area contributed by atoms with E-state index in [2.05, 4.69) is 5.32 Å². The van der Waals surface area contributed by atoms with Gasteiger partial charge in [0.1, 0.15) is 0 Å². The average molecular weight is 189 g/mol. The fourth-order valence-corrected chi connectivity index (χ4v) is 0.963. The van der Waals surface area contributed by atoms with E-state index in [0.717, 1.165) is 13.0 Å². The number of hydrogen-bond donors (Lipinski definition) is 3. The van der Waals surface area contributed by atoms with Gasteiger partial charge in [0.2, 0.25) is 0 Å². The molecule has 0 bridgehead atoms. The number of rotatable bonds is 6. The molecule has 0 aliphatic carbocycles. The zero-order valence-corrected chi connectivity index (χ0v) is 9.22. The van der Waals surface area contributed by atoms with Crippen molar-refractivity contribution in [3.05, 3.63) is 0 Å². The van der Waals surface area contributed by atoms with Crippen molar-refractivity contribution in [1.82, 2.24) is 5.32 Å². The summed E-state index contributed by atoms with van der Waals surface area (Å²) in [4.78, 5) is 0. The van der Waals surface area contributed by atoms with Gasteiger partial charge in [-0.2, -0.15) is 0 Å². The monoisotopic (exact) mass is 189 g/mol. The molecule has 0 aromatic rings. The Labute approximate surface area is 81.2 Å². The summed E-state index contributed by atoms with van der Waals surface area (Å²) in [6.45, 7) is 8.46. The van der Waals surface area contributed by atoms with Crippen LogP contribution in [0, 0.1) is 0 Å². The van der Waals surface area contributed by atoms with Gasteiger partial charge in [-0.25, -0.2) is 0 Å². The summed E-state index contributed by atoms with van der Waals surface area (Å²) < 4.78 is 0. The topological polar surface area (TPSA) is 52.5 Å². The second-order valence-corrected chi connectivity index (χ2v) is 4.56. The molecule has 80 valence electrons. The molecule has 0 aliphatic heterocycles. The van der Waals surface area contributed by atoms with Crippen LogP contribution in [0.1, 0.15) is 40.5 Å². The predicted molar refractivity (Wildman–Crippen MR) is 54.7 cm³/mol. The standard InChI is InChI=1S/C10H23NO2/c1-5-10(4,8-12)11-7-6-9(2,3)13/h11-13H,5-8H2,1-4H3. The highest BCUT2D eigenvalue weighted by Crippen LogP contribution is 2.10. The summed E-state index contributed by atoms with van der Waals surface area (Å²) in [6, 6.07) is 0. The first kappa shape index (κ1) is 12.9. The number of aliphatic hydroxyl groups excluding tert-OH is 1. The Morgan fingerprint density at radius 3 is 2.08 bits per heavy atom. The van der Waals surface area contributed by atoms with Gasteiger partial charge in [0.25, 0.3) is 0 Å². The van der Waals surface area contributed by atoms with Crippen LogP contribution in [0.3, 0.4) is 0 Å². The Hall–Kier alpha value is -0.120. The van der Waals surface area contributed by atoms with Gasteiger partial charge in [0.05, 0.1) is 12.2 Å². The van der Waals surface area contributed by atoms with Gasteiger partial charge >= 0.3 is 0 Å². The maximum atomic E-state index is 9.46. The van der Waals surface area contributed by atoms with Crippen LogP contribution in [0.5, 0.6) is 0 Å². The van der Waals surface area contributed by atoms with Crippen molar-refractivity contribution >= 4 is 0 Å². The quantitative estimate of drug-likeness (QED) is 0.582. The van der Waals surface area contributed by atoms with E-state index in [1.807, 2.05) is 13.8 Å². The van der Waals surface area contributed by atoms with E-state index >= 15 is 0 Å². The van der Waals surface area contributed by atoms with E-state index in [1.54, 1.807) is 13.8 Å². The highest BCUT2D eigenvalue weighted by atomic mass is 16.3. The van der Waals surface area contributed by atoms with Crippen LogP contribution in [-0.2, 0) is 0 Å². The third kappa shape index (κ3) is 6.02. The highest BCUT2D eigenvalue weighted by molar-refractivity contribution is 4.81. The average Bonchev–Trinajstić information content (AvgIpc) is 2.02. The van der Waals surface area contributed by atoms with E-state index in [4.69, 9.17) is 5.11 Å². The van der Waals surface area contributed by atoms with Gasteiger partial charge in [-0.3, -0.25) is 0 Å². The minimum Gasteiger partial charge on any atom is -0.394 e. The van der Waals surface area contributed by atoms with Gasteiger partial charge in [-0.05, 0) is 40.2 Å².